The van der Waals surface area contributed by atoms with E-state index in [1.165, 1.54) is 27.4 Å². The van der Waals surface area contributed by atoms with Crippen molar-refractivity contribution in [1.82, 2.24) is 9.13 Å². The van der Waals surface area contributed by atoms with Gasteiger partial charge in [-0.15, -0.1) is 11.3 Å². The molecule has 0 saturated heterocycles. The zero-order chi connectivity index (χ0) is 19.6. The summed E-state index contributed by atoms with van der Waals surface area (Å²) in [6.07, 6.45) is 0.640. The smallest absolute Gasteiger partial charge is 0.325 e. The Balaban J connectivity index is 1.90. The first-order valence-electron chi connectivity index (χ1n) is 8.54. The Labute approximate surface area is 158 Å². The molecule has 0 unspecified atom stereocenters. The number of ketones is 1. The van der Waals surface area contributed by atoms with Crippen molar-refractivity contribution in [2.45, 2.75) is 33.4 Å². The van der Waals surface area contributed by atoms with Crippen molar-refractivity contribution in [1.29, 1.82) is 0 Å². The Bertz CT molecular complexity index is 1120. The second kappa shape index (κ2) is 7.71. The van der Waals surface area contributed by atoms with E-state index in [0.717, 1.165) is 0 Å². The number of nitrogens with zero attached hydrogens (tertiary/aromatic N) is 2. The SMILES string of the molecule is CCCn1c(=O)c2sccc2n(CC(=O)Nc2ccc(C(C)=O)cc2)c1=O. The molecule has 27 heavy (non-hydrogen) atoms. The lowest BCUT2D eigenvalue weighted by atomic mass is 10.1. The average Bonchev–Trinajstić information content (AvgIpc) is 3.12. The molecule has 0 aliphatic rings. The van der Waals surface area contributed by atoms with Gasteiger partial charge in [0, 0.05) is 17.8 Å². The number of carbonyl (C=O) groups is 2. The molecule has 3 aromatic rings. The molecule has 1 amide bonds. The summed E-state index contributed by atoms with van der Waals surface area (Å²) >= 11 is 1.26. The van der Waals surface area contributed by atoms with Crippen LogP contribution in [0.1, 0.15) is 30.6 Å². The number of nitrogens with one attached hydrogen (secondary N) is 1. The molecule has 0 bridgehead atoms. The van der Waals surface area contributed by atoms with Crippen LogP contribution in [-0.4, -0.2) is 20.8 Å². The minimum Gasteiger partial charge on any atom is -0.325 e. The summed E-state index contributed by atoms with van der Waals surface area (Å²) in [7, 11) is 0. The van der Waals surface area contributed by atoms with Crippen molar-refractivity contribution in [3.8, 4) is 0 Å². The van der Waals surface area contributed by atoms with E-state index in [1.807, 2.05) is 6.92 Å². The lowest BCUT2D eigenvalue weighted by molar-refractivity contribution is -0.116. The molecule has 1 aromatic carbocycles. The topological polar surface area (TPSA) is 90.2 Å². The third-order valence-corrected chi connectivity index (χ3v) is 5.05. The second-order valence-corrected chi connectivity index (χ2v) is 7.06. The number of anilines is 1. The highest BCUT2D eigenvalue weighted by atomic mass is 32.1. The number of aromatic nitrogens is 2. The zero-order valence-electron chi connectivity index (χ0n) is 15.0. The van der Waals surface area contributed by atoms with Crippen LogP contribution in [-0.2, 0) is 17.9 Å². The minimum absolute atomic E-state index is 0.0579. The average molecular weight is 385 g/mol. The molecule has 3 rings (SSSR count). The molecule has 140 valence electrons. The Morgan fingerprint density at radius 2 is 1.78 bits per heavy atom. The van der Waals surface area contributed by atoms with E-state index in [4.69, 9.17) is 0 Å². The molecule has 0 spiro atoms. The van der Waals surface area contributed by atoms with Crippen molar-refractivity contribution in [2.24, 2.45) is 0 Å². The van der Waals surface area contributed by atoms with Gasteiger partial charge in [-0.05, 0) is 49.1 Å². The van der Waals surface area contributed by atoms with Gasteiger partial charge in [-0.1, -0.05) is 6.92 Å². The number of Topliss-reactive ketones (excluding diaryl/α,β-unsaturated/α-hetero) is 1. The van der Waals surface area contributed by atoms with Crippen LogP contribution in [0, 0.1) is 0 Å². The van der Waals surface area contributed by atoms with Gasteiger partial charge in [0.1, 0.15) is 11.2 Å². The summed E-state index contributed by atoms with van der Waals surface area (Å²) < 4.78 is 2.96. The third-order valence-electron chi connectivity index (χ3n) is 4.16. The summed E-state index contributed by atoms with van der Waals surface area (Å²) in [5.74, 6) is -0.445. The maximum absolute atomic E-state index is 12.7. The predicted molar refractivity (Wildman–Crippen MR) is 106 cm³/mol. The quantitative estimate of drug-likeness (QED) is 0.660. The van der Waals surface area contributed by atoms with E-state index in [2.05, 4.69) is 5.32 Å². The maximum atomic E-state index is 12.7. The van der Waals surface area contributed by atoms with Gasteiger partial charge in [0.25, 0.3) is 5.56 Å². The van der Waals surface area contributed by atoms with Gasteiger partial charge < -0.3 is 5.32 Å². The van der Waals surface area contributed by atoms with Crippen LogP contribution in [0.2, 0.25) is 0 Å². The Kier molecular flexibility index (Phi) is 5.36. The van der Waals surface area contributed by atoms with E-state index in [0.29, 0.717) is 34.4 Å². The van der Waals surface area contributed by atoms with Crippen LogP contribution >= 0.6 is 11.3 Å². The van der Waals surface area contributed by atoms with Crippen molar-refractivity contribution in [3.05, 3.63) is 62.1 Å². The second-order valence-electron chi connectivity index (χ2n) is 6.14. The van der Waals surface area contributed by atoms with Crippen molar-refractivity contribution in [2.75, 3.05) is 5.32 Å². The lowest BCUT2D eigenvalue weighted by Crippen LogP contribution is -2.41. The Morgan fingerprint density at radius 1 is 1.07 bits per heavy atom. The Morgan fingerprint density at radius 3 is 2.41 bits per heavy atom. The first-order valence-corrected chi connectivity index (χ1v) is 9.42. The zero-order valence-corrected chi connectivity index (χ0v) is 15.8. The molecule has 0 atom stereocenters. The Hall–Kier alpha value is -3.00. The van der Waals surface area contributed by atoms with E-state index in [9.17, 15) is 19.2 Å². The van der Waals surface area contributed by atoms with Crippen LogP contribution in [0.3, 0.4) is 0 Å². The number of benzene rings is 1. The molecule has 0 radical (unpaired) electrons. The van der Waals surface area contributed by atoms with E-state index < -0.39 is 5.69 Å². The number of rotatable bonds is 6. The fraction of sp³-hybridized carbons (Fsp3) is 0.263. The van der Waals surface area contributed by atoms with E-state index in [1.54, 1.807) is 35.7 Å². The van der Waals surface area contributed by atoms with Crippen molar-refractivity contribution < 1.29 is 9.59 Å². The van der Waals surface area contributed by atoms with Crippen LogP contribution in [0.5, 0.6) is 0 Å². The fourth-order valence-electron chi connectivity index (χ4n) is 2.84. The molecule has 2 aromatic heterocycles. The molecular weight excluding hydrogens is 366 g/mol. The molecule has 8 heteroatoms. The van der Waals surface area contributed by atoms with Crippen LogP contribution in [0.15, 0.2) is 45.3 Å². The normalized spacial score (nSPS) is 10.9. The number of hydrogen-bond donors (Lipinski definition) is 1. The standard InChI is InChI=1S/C19H19N3O4S/c1-3-9-21-18(25)17-15(8-10-27-17)22(19(21)26)11-16(24)20-14-6-4-13(5-7-14)12(2)23/h4-8,10H,3,9,11H2,1-2H3,(H,20,24). The van der Waals surface area contributed by atoms with Crippen LogP contribution in [0.25, 0.3) is 10.2 Å². The fourth-order valence-corrected chi connectivity index (χ4v) is 3.68. The number of hydrogen-bond acceptors (Lipinski definition) is 5. The molecule has 7 nitrogen and oxygen atoms in total. The minimum atomic E-state index is -0.491. The van der Waals surface area contributed by atoms with Gasteiger partial charge in [-0.3, -0.25) is 23.5 Å². The highest BCUT2D eigenvalue weighted by Crippen LogP contribution is 2.16. The molecule has 0 aliphatic carbocycles. The molecular formula is C19H19N3O4S. The molecule has 1 N–H and O–H groups in total. The number of carbonyl (C=O) groups excluding carboxylic acids is 2. The first kappa shape index (κ1) is 18.8. The summed E-state index contributed by atoms with van der Waals surface area (Å²) in [5, 5.41) is 4.45. The van der Waals surface area contributed by atoms with E-state index >= 15 is 0 Å². The summed E-state index contributed by atoms with van der Waals surface area (Å²) in [6.45, 7) is 3.45. The maximum Gasteiger partial charge on any atom is 0.332 e. The van der Waals surface area contributed by atoms with Crippen molar-refractivity contribution >= 4 is 38.9 Å². The lowest BCUT2D eigenvalue weighted by Gasteiger charge is -2.12. The molecule has 0 aliphatic heterocycles. The largest absolute Gasteiger partial charge is 0.332 e. The van der Waals surface area contributed by atoms with Crippen LogP contribution < -0.4 is 16.6 Å². The van der Waals surface area contributed by atoms with Gasteiger partial charge in [0.05, 0.1) is 5.52 Å². The highest BCUT2D eigenvalue weighted by Gasteiger charge is 2.16. The highest BCUT2D eigenvalue weighted by molar-refractivity contribution is 7.17. The summed E-state index contributed by atoms with van der Waals surface area (Å²) in [5.41, 5.74) is 0.736. The van der Waals surface area contributed by atoms with Gasteiger partial charge in [-0.2, -0.15) is 0 Å². The predicted octanol–water partition coefficient (Wildman–Crippen LogP) is 2.48. The molecule has 2 heterocycles. The monoisotopic (exact) mass is 385 g/mol. The summed E-state index contributed by atoms with van der Waals surface area (Å²) in [6, 6.07) is 8.20. The molecule has 0 saturated carbocycles. The van der Waals surface area contributed by atoms with Gasteiger partial charge >= 0.3 is 5.69 Å². The van der Waals surface area contributed by atoms with Gasteiger partial charge in [0.15, 0.2) is 5.78 Å². The third kappa shape index (κ3) is 3.75. The molecule has 0 fully saturated rings. The van der Waals surface area contributed by atoms with Gasteiger partial charge in [0.2, 0.25) is 5.91 Å². The summed E-state index contributed by atoms with van der Waals surface area (Å²) in [4.78, 5) is 48.9. The number of amides is 1. The van der Waals surface area contributed by atoms with Crippen molar-refractivity contribution in [3.63, 3.8) is 0 Å². The van der Waals surface area contributed by atoms with E-state index in [-0.39, 0.29) is 23.8 Å². The number of fused-ring (bicyclic) bond motifs is 1. The van der Waals surface area contributed by atoms with Crippen LogP contribution in [0.4, 0.5) is 5.69 Å². The van der Waals surface area contributed by atoms with Gasteiger partial charge in [-0.25, -0.2) is 4.79 Å². The number of thiophene rings is 1. The first-order chi connectivity index (χ1) is 12.9.